The van der Waals surface area contributed by atoms with E-state index in [1.54, 1.807) is 29.2 Å². The van der Waals surface area contributed by atoms with Crippen LogP contribution in [0.15, 0.2) is 24.3 Å². The summed E-state index contributed by atoms with van der Waals surface area (Å²) in [5, 5.41) is 0. The Bertz CT molecular complexity index is 748. The van der Waals surface area contributed by atoms with E-state index in [0.717, 1.165) is 4.90 Å². The third-order valence-electron chi connectivity index (χ3n) is 4.45. The molecule has 0 fully saturated rings. The van der Waals surface area contributed by atoms with Crippen LogP contribution < -0.4 is 0 Å². The summed E-state index contributed by atoms with van der Waals surface area (Å²) in [5.41, 5.74) is 1.05. The number of ether oxygens (including phenoxy) is 1. The average molecular weight is 374 g/mol. The average Bonchev–Trinajstić information content (AvgIpc) is 2.57. The molecule has 7 heteroatoms. The summed E-state index contributed by atoms with van der Waals surface area (Å²) in [6.45, 7) is 8.52. The van der Waals surface area contributed by atoms with Crippen LogP contribution >= 0.6 is 0 Å². The third-order valence-corrected chi connectivity index (χ3v) is 4.45. The van der Waals surface area contributed by atoms with Crippen molar-refractivity contribution in [2.75, 3.05) is 6.54 Å². The number of carbonyl (C=O) groups is 4. The van der Waals surface area contributed by atoms with Crippen LogP contribution in [0, 0.1) is 0 Å². The smallest absolute Gasteiger partial charge is 0.326 e. The summed E-state index contributed by atoms with van der Waals surface area (Å²) in [6, 6.07) is 6.72. The van der Waals surface area contributed by atoms with Crippen LogP contribution in [0.2, 0.25) is 0 Å². The first-order valence-corrected chi connectivity index (χ1v) is 9.07. The van der Waals surface area contributed by atoms with Crippen molar-refractivity contribution in [3.8, 4) is 0 Å². The van der Waals surface area contributed by atoms with Crippen molar-refractivity contribution in [3.63, 3.8) is 0 Å². The predicted molar refractivity (Wildman–Crippen MR) is 98.9 cm³/mol. The van der Waals surface area contributed by atoms with Crippen molar-refractivity contribution in [1.82, 2.24) is 9.80 Å². The molecule has 3 amide bonds. The number of fused-ring (bicyclic) bond motifs is 1. The van der Waals surface area contributed by atoms with Gasteiger partial charge in [-0.1, -0.05) is 18.2 Å². The molecule has 1 aromatic carbocycles. The van der Waals surface area contributed by atoms with E-state index in [0.29, 0.717) is 11.1 Å². The summed E-state index contributed by atoms with van der Waals surface area (Å²) < 4.78 is 5.20. The van der Waals surface area contributed by atoms with E-state index in [9.17, 15) is 19.2 Å². The highest BCUT2D eigenvalue weighted by Gasteiger charge is 2.34. The molecule has 0 aliphatic carbocycles. The van der Waals surface area contributed by atoms with E-state index >= 15 is 0 Å². The lowest BCUT2D eigenvalue weighted by atomic mass is 9.98. The van der Waals surface area contributed by atoms with Crippen molar-refractivity contribution in [2.24, 2.45) is 0 Å². The van der Waals surface area contributed by atoms with Gasteiger partial charge in [0.25, 0.3) is 11.8 Å². The van der Waals surface area contributed by atoms with Gasteiger partial charge in [-0.25, -0.2) is 0 Å². The van der Waals surface area contributed by atoms with E-state index in [-0.39, 0.29) is 24.4 Å². The molecule has 1 aliphatic heterocycles. The van der Waals surface area contributed by atoms with Gasteiger partial charge < -0.3 is 9.64 Å². The van der Waals surface area contributed by atoms with Crippen LogP contribution in [0.25, 0.3) is 0 Å². The molecule has 0 N–H and O–H groups in total. The highest BCUT2D eigenvalue weighted by Crippen LogP contribution is 2.19. The standard InChI is InChI=1S/C20H26N2O5/c1-12(2)22(13(3)4)19(25)14(5)27-18(24)11-21-17(23)10-15-8-6-7-9-16(15)20(21)26/h6-9,12-14H,10-11H2,1-5H3/t14-/m0/s1. The number of hydrogen-bond acceptors (Lipinski definition) is 5. The number of hydrogen-bond donors (Lipinski definition) is 0. The summed E-state index contributed by atoms with van der Waals surface area (Å²) in [4.78, 5) is 52.0. The van der Waals surface area contributed by atoms with E-state index in [2.05, 4.69) is 0 Å². The first kappa shape index (κ1) is 20.6. The molecule has 0 saturated heterocycles. The maximum Gasteiger partial charge on any atom is 0.326 e. The molecule has 7 nitrogen and oxygen atoms in total. The van der Waals surface area contributed by atoms with Gasteiger partial charge in [-0.3, -0.25) is 24.1 Å². The van der Waals surface area contributed by atoms with Crippen molar-refractivity contribution in [2.45, 2.75) is 59.2 Å². The van der Waals surface area contributed by atoms with Gasteiger partial charge in [0, 0.05) is 17.6 Å². The van der Waals surface area contributed by atoms with Crippen LogP contribution in [0.4, 0.5) is 0 Å². The molecular weight excluding hydrogens is 348 g/mol. The molecule has 0 saturated carbocycles. The Kier molecular flexibility index (Phi) is 6.36. The molecule has 27 heavy (non-hydrogen) atoms. The number of esters is 1. The minimum Gasteiger partial charge on any atom is -0.451 e. The lowest BCUT2D eigenvalue weighted by molar-refractivity contribution is -0.162. The van der Waals surface area contributed by atoms with Crippen LogP contribution in [0.3, 0.4) is 0 Å². The van der Waals surface area contributed by atoms with Crippen LogP contribution in [0.1, 0.15) is 50.5 Å². The van der Waals surface area contributed by atoms with Gasteiger partial charge in [0.15, 0.2) is 6.10 Å². The minimum absolute atomic E-state index is 0.0413. The zero-order valence-electron chi connectivity index (χ0n) is 16.4. The number of amides is 3. The zero-order chi connectivity index (χ0) is 20.3. The molecule has 1 aliphatic rings. The van der Waals surface area contributed by atoms with Crippen LogP contribution in [-0.4, -0.2) is 58.2 Å². The van der Waals surface area contributed by atoms with Crippen molar-refractivity contribution in [1.29, 1.82) is 0 Å². The number of nitrogens with zero attached hydrogens (tertiary/aromatic N) is 2. The normalized spacial score (nSPS) is 15.0. The fourth-order valence-electron chi connectivity index (χ4n) is 3.29. The Morgan fingerprint density at radius 2 is 1.67 bits per heavy atom. The van der Waals surface area contributed by atoms with Gasteiger partial charge in [0.2, 0.25) is 5.91 Å². The monoisotopic (exact) mass is 374 g/mol. The van der Waals surface area contributed by atoms with E-state index in [4.69, 9.17) is 4.74 Å². The van der Waals surface area contributed by atoms with Gasteiger partial charge in [0.1, 0.15) is 6.54 Å². The van der Waals surface area contributed by atoms with E-state index < -0.39 is 30.4 Å². The van der Waals surface area contributed by atoms with Gasteiger partial charge in [-0.2, -0.15) is 0 Å². The molecule has 1 atom stereocenters. The Morgan fingerprint density at radius 3 is 2.26 bits per heavy atom. The lowest BCUT2D eigenvalue weighted by Crippen LogP contribution is -2.49. The Balaban J connectivity index is 2.04. The fraction of sp³-hybridized carbons (Fsp3) is 0.500. The van der Waals surface area contributed by atoms with E-state index in [1.807, 2.05) is 27.7 Å². The molecule has 1 heterocycles. The SMILES string of the molecule is CC(C)N(C(=O)[C@H](C)OC(=O)CN1C(=O)Cc2ccccc2C1=O)C(C)C. The Hall–Kier alpha value is -2.70. The third kappa shape index (κ3) is 4.53. The molecule has 0 bridgehead atoms. The van der Waals surface area contributed by atoms with E-state index in [1.165, 1.54) is 6.92 Å². The Labute approximate surface area is 159 Å². The second-order valence-electron chi connectivity index (χ2n) is 7.18. The second kappa shape index (κ2) is 8.33. The van der Waals surface area contributed by atoms with Gasteiger partial charge in [-0.15, -0.1) is 0 Å². The lowest BCUT2D eigenvalue weighted by Gasteiger charge is -2.33. The fourth-order valence-corrected chi connectivity index (χ4v) is 3.29. The van der Waals surface area contributed by atoms with Gasteiger partial charge >= 0.3 is 5.97 Å². The second-order valence-corrected chi connectivity index (χ2v) is 7.18. The largest absolute Gasteiger partial charge is 0.451 e. The topological polar surface area (TPSA) is 84.0 Å². The highest BCUT2D eigenvalue weighted by atomic mass is 16.5. The minimum atomic E-state index is -0.996. The summed E-state index contributed by atoms with van der Waals surface area (Å²) in [5.74, 6) is -2.08. The first-order chi connectivity index (χ1) is 12.6. The number of benzene rings is 1. The van der Waals surface area contributed by atoms with Crippen molar-refractivity contribution < 1.29 is 23.9 Å². The highest BCUT2D eigenvalue weighted by molar-refractivity contribution is 6.11. The zero-order valence-corrected chi connectivity index (χ0v) is 16.4. The molecule has 1 aromatic rings. The maximum atomic E-state index is 12.5. The van der Waals surface area contributed by atoms with Gasteiger partial charge in [0.05, 0.1) is 6.42 Å². The van der Waals surface area contributed by atoms with Crippen LogP contribution in [-0.2, 0) is 25.5 Å². The molecule has 0 unspecified atom stereocenters. The summed E-state index contributed by atoms with van der Waals surface area (Å²) in [7, 11) is 0. The first-order valence-electron chi connectivity index (χ1n) is 9.07. The molecule has 0 radical (unpaired) electrons. The number of carbonyl (C=O) groups excluding carboxylic acids is 4. The number of rotatable bonds is 6. The Morgan fingerprint density at radius 1 is 1.07 bits per heavy atom. The number of imide groups is 1. The van der Waals surface area contributed by atoms with Gasteiger partial charge in [-0.05, 0) is 46.2 Å². The quantitative estimate of drug-likeness (QED) is 0.560. The molecule has 0 aromatic heterocycles. The predicted octanol–water partition coefficient (Wildman–Crippen LogP) is 1.79. The molecule has 2 rings (SSSR count). The maximum absolute atomic E-state index is 12.5. The van der Waals surface area contributed by atoms with Crippen LogP contribution in [0.5, 0.6) is 0 Å². The summed E-state index contributed by atoms with van der Waals surface area (Å²) >= 11 is 0. The summed E-state index contributed by atoms with van der Waals surface area (Å²) in [6.07, 6.45) is -0.942. The van der Waals surface area contributed by atoms with Crippen molar-refractivity contribution >= 4 is 23.7 Å². The molecule has 146 valence electrons. The molecule has 0 spiro atoms. The molecular formula is C20H26N2O5. The van der Waals surface area contributed by atoms with Crippen molar-refractivity contribution in [3.05, 3.63) is 35.4 Å².